The second-order valence-corrected chi connectivity index (χ2v) is 2.85. The highest BCUT2D eigenvalue weighted by Crippen LogP contribution is 2.36. The summed E-state index contributed by atoms with van der Waals surface area (Å²) in [6.07, 6.45) is 7.80. The SMILES string of the molecule is C1=CC2(CO2)C2=NN=CC2=C1. The third-order valence-corrected chi connectivity index (χ3v) is 2.13. The lowest BCUT2D eigenvalue weighted by Gasteiger charge is -2.09. The lowest BCUT2D eigenvalue weighted by Crippen LogP contribution is -2.24. The fraction of sp³-hybridized carbons (Fsp3) is 0.250. The van der Waals surface area contributed by atoms with Crippen LogP contribution < -0.4 is 0 Å². The largest absolute Gasteiger partial charge is 0.358 e. The number of fused-ring (bicyclic) bond motifs is 2. The van der Waals surface area contributed by atoms with Gasteiger partial charge in [0.1, 0.15) is 5.71 Å². The topological polar surface area (TPSA) is 37.2 Å². The molecule has 3 nitrogen and oxygen atoms in total. The highest BCUT2D eigenvalue weighted by Gasteiger charge is 2.50. The van der Waals surface area contributed by atoms with Crippen LogP contribution in [0.5, 0.6) is 0 Å². The summed E-state index contributed by atoms with van der Waals surface area (Å²) in [6, 6.07) is 0. The van der Waals surface area contributed by atoms with Crippen LogP contribution in [0.3, 0.4) is 0 Å². The third-order valence-electron chi connectivity index (χ3n) is 2.13. The predicted molar refractivity (Wildman–Crippen MR) is 41.8 cm³/mol. The number of hydrogen-bond acceptors (Lipinski definition) is 3. The highest BCUT2D eigenvalue weighted by molar-refractivity contribution is 6.24. The average molecular weight is 146 g/mol. The number of epoxide rings is 1. The van der Waals surface area contributed by atoms with Crippen LogP contribution in [0.4, 0.5) is 0 Å². The van der Waals surface area contributed by atoms with Gasteiger partial charge in [0.05, 0.1) is 12.8 Å². The van der Waals surface area contributed by atoms with Gasteiger partial charge in [-0.15, -0.1) is 0 Å². The molecule has 54 valence electrons. The van der Waals surface area contributed by atoms with Crippen molar-refractivity contribution in [1.29, 1.82) is 0 Å². The fourth-order valence-corrected chi connectivity index (χ4v) is 1.42. The van der Waals surface area contributed by atoms with E-state index in [2.05, 4.69) is 10.2 Å². The van der Waals surface area contributed by atoms with E-state index in [1.54, 1.807) is 6.21 Å². The van der Waals surface area contributed by atoms with Crippen LogP contribution in [0.2, 0.25) is 0 Å². The molecule has 1 unspecified atom stereocenters. The Hall–Kier alpha value is -1.22. The molecule has 1 spiro atoms. The second-order valence-electron chi connectivity index (χ2n) is 2.85. The quantitative estimate of drug-likeness (QED) is 0.463. The van der Waals surface area contributed by atoms with E-state index in [-0.39, 0.29) is 5.60 Å². The summed E-state index contributed by atoms with van der Waals surface area (Å²) in [5, 5.41) is 7.85. The monoisotopic (exact) mass is 146 g/mol. The van der Waals surface area contributed by atoms with Crippen LogP contribution in [0.15, 0.2) is 34.0 Å². The summed E-state index contributed by atoms with van der Waals surface area (Å²) in [4.78, 5) is 0. The van der Waals surface area contributed by atoms with Crippen molar-refractivity contribution in [2.45, 2.75) is 5.60 Å². The van der Waals surface area contributed by atoms with E-state index >= 15 is 0 Å². The van der Waals surface area contributed by atoms with Crippen molar-refractivity contribution in [3.05, 3.63) is 23.8 Å². The van der Waals surface area contributed by atoms with Crippen LogP contribution in [-0.2, 0) is 4.74 Å². The molecule has 0 radical (unpaired) electrons. The van der Waals surface area contributed by atoms with E-state index in [0.717, 1.165) is 17.9 Å². The van der Waals surface area contributed by atoms with E-state index < -0.39 is 0 Å². The smallest absolute Gasteiger partial charge is 0.154 e. The zero-order valence-electron chi connectivity index (χ0n) is 5.82. The van der Waals surface area contributed by atoms with Crippen molar-refractivity contribution >= 4 is 11.9 Å². The number of ether oxygens (including phenoxy) is 1. The van der Waals surface area contributed by atoms with Crippen LogP contribution in [-0.4, -0.2) is 24.1 Å². The summed E-state index contributed by atoms with van der Waals surface area (Å²) in [7, 11) is 0. The first-order valence-electron chi connectivity index (χ1n) is 3.56. The predicted octanol–water partition coefficient (Wildman–Crippen LogP) is 0.692. The van der Waals surface area contributed by atoms with Gasteiger partial charge in [0.25, 0.3) is 0 Å². The van der Waals surface area contributed by atoms with Crippen molar-refractivity contribution in [3.63, 3.8) is 0 Å². The van der Waals surface area contributed by atoms with Gasteiger partial charge in [-0.05, 0) is 6.08 Å². The van der Waals surface area contributed by atoms with E-state index in [9.17, 15) is 0 Å². The Bertz CT molecular complexity index is 332. The maximum absolute atomic E-state index is 5.31. The van der Waals surface area contributed by atoms with Gasteiger partial charge in [0.2, 0.25) is 0 Å². The van der Waals surface area contributed by atoms with Crippen LogP contribution >= 0.6 is 0 Å². The van der Waals surface area contributed by atoms with Crippen molar-refractivity contribution in [2.75, 3.05) is 6.61 Å². The molecule has 2 heterocycles. The zero-order valence-corrected chi connectivity index (χ0v) is 5.82. The van der Waals surface area contributed by atoms with Crippen LogP contribution in [0.25, 0.3) is 0 Å². The van der Waals surface area contributed by atoms with Crippen molar-refractivity contribution in [2.24, 2.45) is 10.2 Å². The van der Waals surface area contributed by atoms with Gasteiger partial charge in [-0.25, -0.2) is 0 Å². The Kier molecular flexibility index (Phi) is 0.744. The molecule has 0 amide bonds. The molecular formula is C8H6N2O. The van der Waals surface area contributed by atoms with E-state index in [1.165, 1.54) is 0 Å². The van der Waals surface area contributed by atoms with Gasteiger partial charge >= 0.3 is 0 Å². The first kappa shape index (κ1) is 5.43. The second kappa shape index (κ2) is 1.51. The maximum atomic E-state index is 5.31. The molecule has 0 saturated carbocycles. The molecule has 1 atom stereocenters. The molecule has 0 bridgehead atoms. The lowest BCUT2D eigenvalue weighted by molar-refractivity contribution is 0.406. The minimum Gasteiger partial charge on any atom is -0.358 e. The summed E-state index contributed by atoms with van der Waals surface area (Å²) in [5.74, 6) is 0. The fourth-order valence-electron chi connectivity index (χ4n) is 1.42. The zero-order chi connectivity index (χ0) is 7.31. The molecule has 1 fully saturated rings. The molecule has 2 aliphatic heterocycles. The van der Waals surface area contributed by atoms with Gasteiger partial charge in [0.15, 0.2) is 5.60 Å². The van der Waals surface area contributed by atoms with Crippen molar-refractivity contribution < 1.29 is 4.74 Å². The molecule has 0 aromatic heterocycles. The molecule has 3 rings (SSSR count). The molecule has 11 heavy (non-hydrogen) atoms. The molecule has 3 aliphatic rings. The molecule has 1 aliphatic carbocycles. The first-order valence-corrected chi connectivity index (χ1v) is 3.56. The molecular weight excluding hydrogens is 140 g/mol. The minimum absolute atomic E-state index is 0.194. The standard InChI is InChI=1S/C8H6N2O/c1-2-6-4-9-10-7(6)8(3-1)5-11-8/h1-4H,5H2. The van der Waals surface area contributed by atoms with Gasteiger partial charge in [-0.1, -0.05) is 12.2 Å². The van der Waals surface area contributed by atoms with Gasteiger partial charge in [0, 0.05) is 5.57 Å². The number of rotatable bonds is 0. The third kappa shape index (κ3) is 0.563. The maximum Gasteiger partial charge on any atom is 0.154 e. The van der Waals surface area contributed by atoms with Gasteiger partial charge < -0.3 is 4.74 Å². The Balaban J connectivity index is 2.17. The lowest BCUT2D eigenvalue weighted by atomic mass is 9.93. The van der Waals surface area contributed by atoms with Crippen molar-refractivity contribution in [3.8, 4) is 0 Å². The normalized spacial score (nSPS) is 37.1. The van der Waals surface area contributed by atoms with E-state index in [4.69, 9.17) is 4.74 Å². The van der Waals surface area contributed by atoms with Crippen molar-refractivity contribution in [1.82, 2.24) is 0 Å². The summed E-state index contributed by atoms with van der Waals surface area (Å²) < 4.78 is 5.31. The van der Waals surface area contributed by atoms with Crippen LogP contribution in [0, 0.1) is 0 Å². The summed E-state index contributed by atoms with van der Waals surface area (Å²) in [6.45, 7) is 0.753. The summed E-state index contributed by atoms with van der Waals surface area (Å²) in [5.41, 5.74) is 1.87. The molecule has 1 saturated heterocycles. The van der Waals surface area contributed by atoms with Gasteiger partial charge in [-0.3, -0.25) is 0 Å². The number of allylic oxidation sites excluding steroid dienone is 2. The summed E-state index contributed by atoms with van der Waals surface area (Å²) >= 11 is 0. The molecule has 0 aromatic rings. The first-order chi connectivity index (χ1) is 5.41. The molecule has 0 N–H and O–H groups in total. The Morgan fingerprint density at radius 3 is 3.27 bits per heavy atom. The Morgan fingerprint density at radius 2 is 2.45 bits per heavy atom. The Labute approximate surface area is 63.8 Å². The van der Waals surface area contributed by atoms with E-state index in [1.807, 2.05) is 18.2 Å². The molecule has 3 heteroatoms. The average Bonchev–Trinajstić information content (AvgIpc) is 2.63. The van der Waals surface area contributed by atoms with E-state index in [0.29, 0.717) is 0 Å². The van der Waals surface area contributed by atoms with Gasteiger partial charge in [-0.2, -0.15) is 10.2 Å². The minimum atomic E-state index is -0.194. The molecule has 0 aromatic carbocycles. The van der Waals surface area contributed by atoms with Crippen LogP contribution in [0.1, 0.15) is 0 Å². The number of hydrogen-bond donors (Lipinski definition) is 0. The number of nitrogens with zero attached hydrogens (tertiary/aromatic N) is 2. The Morgan fingerprint density at radius 1 is 1.55 bits per heavy atom. The highest BCUT2D eigenvalue weighted by atomic mass is 16.6.